The SMILES string of the molecule is O=C(NCc1nc2ccccc2[nH]1)C1CCCN1Cc1ccc(Cl)cc1Cl. The number of fused-ring (bicyclic) bond motifs is 1. The summed E-state index contributed by atoms with van der Waals surface area (Å²) in [6.45, 7) is 1.90. The molecular formula is C20H20Cl2N4O. The first-order valence-corrected chi connectivity index (χ1v) is 9.75. The Balaban J connectivity index is 1.39. The second kappa shape index (κ2) is 7.89. The first-order valence-electron chi connectivity index (χ1n) is 8.99. The smallest absolute Gasteiger partial charge is 0.237 e. The number of rotatable bonds is 5. The van der Waals surface area contributed by atoms with Crippen LogP contribution in [0, 0.1) is 0 Å². The number of aromatic amines is 1. The van der Waals surface area contributed by atoms with Gasteiger partial charge in [-0.15, -0.1) is 0 Å². The number of carbonyl (C=O) groups is 1. The highest BCUT2D eigenvalue weighted by atomic mass is 35.5. The predicted molar refractivity (Wildman–Crippen MR) is 108 cm³/mol. The van der Waals surface area contributed by atoms with Crippen LogP contribution in [0.1, 0.15) is 24.2 Å². The number of nitrogens with one attached hydrogen (secondary N) is 2. The number of para-hydroxylation sites is 2. The Morgan fingerprint density at radius 1 is 1.26 bits per heavy atom. The van der Waals surface area contributed by atoms with Crippen molar-refractivity contribution in [3.05, 3.63) is 63.9 Å². The van der Waals surface area contributed by atoms with Crippen molar-refractivity contribution in [3.8, 4) is 0 Å². The highest BCUT2D eigenvalue weighted by Crippen LogP contribution is 2.26. The quantitative estimate of drug-likeness (QED) is 0.673. The van der Waals surface area contributed by atoms with E-state index in [4.69, 9.17) is 23.2 Å². The minimum atomic E-state index is -0.152. The van der Waals surface area contributed by atoms with Crippen LogP contribution < -0.4 is 5.32 Å². The fourth-order valence-electron chi connectivity index (χ4n) is 3.56. The molecule has 1 aliphatic rings. The molecule has 7 heteroatoms. The molecule has 1 aliphatic heterocycles. The number of hydrogen-bond donors (Lipinski definition) is 2. The molecule has 1 fully saturated rings. The van der Waals surface area contributed by atoms with Crippen LogP contribution in [-0.2, 0) is 17.9 Å². The van der Waals surface area contributed by atoms with Gasteiger partial charge in [0.25, 0.3) is 0 Å². The van der Waals surface area contributed by atoms with Gasteiger partial charge in [-0.25, -0.2) is 4.98 Å². The van der Waals surface area contributed by atoms with Crippen LogP contribution >= 0.6 is 23.2 Å². The van der Waals surface area contributed by atoms with Crippen molar-refractivity contribution in [1.82, 2.24) is 20.2 Å². The Labute approximate surface area is 167 Å². The summed E-state index contributed by atoms with van der Waals surface area (Å²) in [4.78, 5) is 22.6. The van der Waals surface area contributed by atoms with Crippen molar-refractivity contribution in [3.63, 3.8) is 0 Å². The van der Waals surface area contributed by atoms with E-state index < -0.39 is 0 Å². The number of carbonyl (C=O) groups excluding carboxylic acids is 1. The minimum absolute atomic E-state index is 0.0260. The molecule has 1 amide bonds. The Morgan fingerprint density at radius 3 is 2.93 bits per heavy atom. The van der Waals surface area contributed by atoms with Gasteiger partial charge in [0, 0.05) is 16.6 Å². The van der Waals surface area contributed by atoms with Crippen LogP contribution in [0.15, 0.2) is 42.5 Å². The molecule has 1 atom stereocenters. The number of nitrogens with zero attached hydrogens (tertiary/aromatic N) is 2. The lowest BCUT2D eigenvalue weighted by atomic mass is 10.1. The third-order valence-electron chi connectivity index (χ3n) is 4.92. The van der Waals surface area contributed by atoms with Gasteiger partial charge in [0.15, 0.2) is 0 Å². The highest BCUT2D eigenvalue weighted by Gasteiger charge is 2.30. The van der Waals surface area contributed by atoms with Crippen molar-refractivity contribution in [2.24, 2.45) is 0 Å². The van der Waals surface area contributed by atoms with Gasteiger partial charge in [0.2, 0.25) is 5.91 Å². The molecule has 0 spiro atoms. The van der Waals surface area contributed by atoms with Gasteiger partial charge in [-0.1, -0.05) is 41.4 Å². The predicted octanol–water partition coefficient (Wildman–Crippen LogP) is 4.15. The van der Waals surface area contributed by atoms with Crippen LogP contribution in [0.5, 0.6) is 0 Å². The summed E-state index contributed by atoms with van der Waals surface area (Å²) >= 11 is 12.3. The van der Waals surface area contributed by atoms with Crippen LogP contribution in [-0.4, -0.2) is 33.4 Å². The number of halogens is 2. The van der Waals surface area contributed by atoms with Crippen molar-refractivity contribution in [2.45, 2.75) is 32.0 Å². The van der Waals surface area contributed by atoms with Crippen LogP contribution in [0.3, 0.4) is 0 Å². The number of aromatic nitrogens is 2. The molecule has 5 nitrogen and oxygen atoms in total. The van der Waals surface area contributed by atoms with Gasteiger partial charge in [-0.3, -0.25) is 9.69 Å². The standard InChI is InChI=1S/C20H20Cl2N4O/c21-14-8-7-13(15(22)10-14)12-26-9-3-6-18(26)20(27)23-11-19-24-16-4-1-2-5-17(16)25-19/h1-2,4-5,7-8,10,18H,3,6,9,11-12H2,(H,23,27)(H,24,25). The van der Waals surface area contributed by atoms with Crippen LogP contribution in [0.4, 0.5) is 0 Å². The van der Waals surface area contributed by atoms with Gasteiger partial charge in [-0.2, -0.15) is 0 Å². The van der Waals surface area contributed by atoms with Crippen molar-refractivity contribution >= 4 is 40.1 Å². The Morgan fingerprint density at radius 2 is 2.11 bits per heavy atom. The molecule has 2 heterocycles. The van der Waals surface area contributed by atoms with E-state index in [1.54, 1.807) is 6.07 Å². The van der Waals surface area contributed by atoms with Gasteiger partial charge >= 0.3 is 0 Å². The van der Waals surface area contributed by atoms with E-state index in [0.717, 1.165) is 41.8 Å². The van der Waals surface area contributed by atoms with E-state index in [0.29, 0.717) is 23.1 Å². The van der Waals surface area contributed by atoms with E-state index in [9.17, 15) is 4.79 Å². The maximum Gasteiger partial charge on any atom is 0.237 e. The molecule has 2 aromatic carbocycles. The summed E-state index contributed by atoms with van der Waals surface area (Å²) in [6, 6.07) is 13.2. The topological polar surface area (TPSA) is 61.0 Å². The number of amides is 1. The molecule has 0 saturated carbocycles. The van der Waals surface area contributed by atoms with Gasteiger partial charge in [0.1, 0.15) is 5.82 Å². The second-order valence-corrected chi connectivity index (χ2v) is 7.63. The first kappa shape index (κ1) is 18.3. The average molecular weight is 403 g/mol. The summed E-state index contributed by atoms with van der Waals surface area (Å²) in [5, 5.41) is 4.26. The molecule has 3 aromatic rings. The Kier molecular flexibility index (Phi) is 5.34. The van der Waals surface area contributed by atoms with E-state index >= 15 is 0 Å². The Hall–Kier alpha value is -2.08. The van der Waals surface area contributed by atoms with E-state index in [1.807, 2.05) is 36.4 Å². The zero-order valence-corrected chi connectivity index (χ0v) is 16.2. The highest BCUT2D eigenvalue weighted by molar-refractivity contribution is 6.35. The third-order valence-corrected chi connectivity index (χ3v) is 5.51. The molecule has 1 unspecified atom stereocenters. The normalized spacial score (nSPS) is 17.5. The lowest BCUT2D eigenvalue weighted by molar-refractivity contribution is -0.125. The average Bonchev–Trinajstić information content (AvgIpc) is 3.28. The summed E-state index contributed by atoms with van der Waals surface area (Å²) in [6.07, 6.45) is 1.84. The molecule has 27 heavy (non-hydrogen) atoms. The lowest BCUT2D eigenvalue weighted by Crippen LogP contribution is -2.42. The summed E-state index contributed by atoms with van der Waals surface area (Å²) in [5.41, 5.74) is 2.86. The summed E-state index contributed by atoms with van der Waals surface area (Å²) in [7, 11) is 0. The van der Waals surface area contributed by atoms with Crippen molar-refractivity contribution < 1.29 is 4.79 Å². The van der Waals surface area contributed by atoms with E-state index in [1.165, 1.54) is 0 Å². The molecule has 1 aromatic heterocycles. The van der Waals surface area contributed by atoms with E-state index in [2.05, 4.69) is 20.2 Å². The molecule has 0 aliphatic carbocycles. The van der Waals surface area contributed by atoms with Gasteiger partial charge in [0.05, 0.1) is 23.6 Å². The summed E-state index contributed by atoms with van der Waals surface area (Å²) in [5.74, 6) is 0.785. The number of H-pyrrole nitrogens is 1. The first-order chi connectivity index (χ1) is 13.1. The second-order valence-electron chi connectivity index (χ2n) is 6.78. The molecule has 4 rings (SSSR count). The fraction of sp³-hybridized carbons (Fsp3) is 0.300. The zero-order chi connectivity index (χ0) is 18.8. The molecule has 0 radical (unpaired) electrons. The molecule has 140 valence electrons. The molecule has 2 N–H and O–H groups in total. The van der Waals surface area contributed by atoms with E-state index in [-0.39, 0.29) is 11.9 Å². The largest absolute Gasteiger partial charge is 0.348 e. The third kappa shape index (κ3) is 4.10. The van der Waals surface area contributed by atoms with Crippen molar-refractivity contribution in [1.29, 1.82) is 0 Å². The number of likely N-dealkylation sites (tertiary alicyclic amines) is 1. The van der Waals surface area contributed by atoms with Gasteiger partial charge < -0.3 is 10.3 Å². The monoisotopic (exact) mass is 402 g/mol. The maximum atomic E-state index is 12.7. The molecule has 1 saturated heterocycles. The number of benzene rings is 2. The lowest BCUT2D eigenvalue weighted by Gasteiger charge is -2.24. The van der Waals surface area contributed by atoms with Gasteiger partial charge in [-0.05, 0) is 49.2 Å². The zero-order valence-electron chi connectivity index (χ0n) is 14.7. The van der Waals surface area contributed by atoms with Crippen LogP contribution in [0.25, 0.3) is 11.0 Å². The van der Waals surface area contributed by atoms with Crippen molar-refractivity contribution in [2.75, 3.05) is 6.54 Å². The number of hydrogen-bond acceptors (Lipinski definition) is 3. The Bertz CT molecular complexity index is 939. The maximum absolute atomic E-state index is 12.7. The molecule has 0 bridgehead atoms. The summed E-state index contributed by atoms with van der Waals surface area (Å²) < 4.78 is 0. The molecular weight excluding hydrogens is 383 g/mol. The van der Waals surface area contributed by atoms with Crippen LogP contribution in [0.2, 0.25) is 10.0 Å². The number of imidazole rings is 1. The fourth-order valence-corrected chi connectivity index (χ4v) is 4.03. The minimum Gasteiger partial charge on any atom is -0.348 e.